The summed E-state index contributed by atoms with van der Waals surface area (Å²) in [7, 11) is 0. The van der Waals surface area contributed by atoms with Crippen LogP contribution < -0.4 is 0 Å². The molecular weight excluding hydrogens is 316 g/mol. The summed E-state index contributed by atoms with van der Waals surface area (Å²) in [4.78, 5) is 35.5. The summed E-state index contributed by atoms with van der Waals surface area (Å²) in [6.07, 6.45) is 0. The van der Waals surface area contributed by atoms with Crippen LogP contribution in [0.2, 0.25) is 0 Å². The van der Waals surface area contributed by atoms with Gasteiger partial charge in [0.2, 0.25) is 0 Å². The second-order valence-electron chi connectivity index (χ2n) is 4.93. The molecule has 0 bridgehead atoms. The van der Waals surface area contributed by atoms with Crippen molar-refractivity contribution in [2.45, 2.75) is 25.3 Å². The van der Waals surface area contributed by atoms with E-state index in [2.05, 4.69) is 0 Å². The molecule has 1 aliphatic rings. The molecule has 2 heterocycles. The number of carboxylic acid groups (broad SMARTS) is 1. The molecule has 1 aliphatic heterocycles. The molecule has 2 unspecified atom stereocenters. The van der Waals surface area contributed by atoms with E-state index in [1.54, 1.807) is 0 Å². The van der Waals surface area contributed by atoms with E-state index in [1.165, 1.54) is 28.8 Å². The van der Waals surface area contributed by atoms with Gasteiger partial charge in [-0.25, -0.2) is 4.79 Å². The highest BCUT2D eigenvalue weighted by Crippen LogP contribution is 2.36. The summed E-state index contributed by atoms with van der Waals surface area (Å²) in [5, 5.41) is 19.6. The lowest BCUT2D eigenvalue weighted by Crippen LogP contribution is -2.46. The third kappa shape index (κ3) is 3.03. The fourth-order valence-corrected chi connectivity index (χ4v) is 4.39. The highest BCUT2D eigenvalue weighted by atomic mass is 32.2. The van der Waals surface area contributed by atoms with Crippen LogP contribution in [0, 0.1) is 16.0 Å². The van der Waals surface area contributed by atoms with Crippen LogP contribution >= 0.6 is 23.1 Å². The Bertz CT molecular complexity index is 586. The molecule has 0 spiro atoms. The van der Waals surface area contributed by atoms with Gasteiger partial charge in [-0.05, 0) is 12.0 Å². The van der Waals surface area contributed by atoms with Crippen molar-refractivity contribution in [1.29, 1.82) is 0 Å². The first-order valence-corrected chi connectivity index (χ1v) is 8.10. The number of carbonyl (C=O) groups excluding carboxylic acids is 1. The minimum Gasteiger partial charge on any atom is -0.480 e. The van der Waals surface area contributed by atoms with Crippen LogP contribution in [0.15, 0.2) is 12.1 Å². The summed E-state index contributed by atoms with van der Waals surface area (Å²) >= 11 is 2.20. The fourth-order valence-electron chi connectivity index (χ4n) is 2.16. The lowest BCUT2D eigenvalue weighted by molar-refractivity contribution is -0.380. The van der Waals surface area contributed by atoms with Crippen molar-refractivity contribution >= 4 is 40.0 Å². The third-order valence-electron chi connectivity index (χ3n) is 3.11. The number of nitro groups is 1. The maximum atomic E-state index is 12.5. The van der Waals surface area contributed by atoms with E-state index in [4.69, 9.17) is 0 Å². The van der Waals surface area contributed by atoms with Gasteiger partial charge in [0.15, 0.2) is 0 Å². The Labute approximate surface area is 129 Å². The van der Waals surface area contributed by atoms with Crippen LogP contribution in [0.1, 0.15) is 23.5 Å². The molecule has 1 saturated heterocycles. The molecule has 1 aromatic heterocycles. The molecule has 0 aromatic carbocycles. The molecule has 7 nitrogen and oxygen atoms in total. The van der Waals surface area contributed by atoms with Crippen LogP contribution in [-0.2, 0) is 4.79 Å². The summed E-state index contributed by atoms with van der Waals surface area (Å²) in [6.45, 7) is 3.83. The number of hydrogen-bond acceptors (Lipinski definition) is 6. The van der Waals surface area contributed by atoms with Gasteiger partial charge in [-0.3, -0.25) is 14.9 Å². The van der Waals surface area contributed by atoms with Crippen LogP contribution in [-0.4, -0.2) is 44.0 Å². The SMILES string of the molecule is CC(C)C1SCC(C(=O)O)N1C(=O)c1ccc([N+](=O)[O-])s1. The summed E-state index contributed by atoms with van der Waals surface area (Å²) < 4.78 is 0. The van der Waals surface area contributed by atoms with E-state index in [0.29, 0.717) is 5.75 Å². The zero-order valence-corrected chi connectivity index (χ0v) is 13.0. The molecule has 9 heteroatoms. The van der Waals surface area contributed by atoms with Gasteiger partial charge in [0.1, 0.15) is 6.04 Å². The predicted octanol–water partition coefficient (Wildman–Crippen LogP) is 2.28. The van der Waals surface area contributed by atoms with Gasteiger partial charge < -0.3 is 10.0 Å². The van der Waals surface area contributed by atoms with Crippen molar-refractivity contribution in [3.63, 3.8) is 0 Å². The van der Waals surface area contributed by atoms with Gasteiger partial charge in [0.05, 0.1) is 15.2 Å². The zero-order chi connectivity index (χ0) is 15.7. The van der Waals surface area contributed by atoms with Crippen LogP contribution in [0.5, 0.6) is 0 Å². The average molecular weight is 330 g/mol. The summed E-state index contributed by atoms with van der Waals surface area (Å²) in [5.74, 6) is -1.08. The maximum Gasteiger partial charge on any atom is 0.327 e. The van der Waals surface area contributed by atoms with E-state index in [9.17, 15) is 24.8 Å². The molecular formula is C12H14N2O5S2. The highest BCUT2D eigenvalue weighted by Gasteiger charge is 2.43. The van der Waals surface area contributed by atoms with Crippen LogP contribution in [0.25, 0.3) is 0 Å². The molecule has 0 saturated carbocycles. The summed E-state index contributed by atoms with van der Waals surface area (Å²) in [5.41, 5.74) is 0. The Morgan fingerprint density at radius 3 is 2.62 bits per heavy atom. The number of aliphatic carboxylic acids is 1. The molecule has 0 radical (unpaired) electrons. The highest BCUT2D eigenvalue weighted by molar-refractivity contribution is 8.00. The molecule has 2 rings (SSSR count). The fraction of sp³-hybridized carbons (Fsp3) is 0.500. The molecule has 1 fully saturated rings. The first-order chi connectivity index (χ1) is 9.82. The number of nitrogens with zero attached hydrogens (tertiary/aromatic N) is 2. The normalized spacial score (nSPS) is 21.8. The maximum absolute atomic E-state index is 12.5. The smallest absolute Gasteiger partial charge is 0.327 e. The van der Waals surface area contributed by atoms with Crippen molar-refractivity contribution in [1.82, 2.24) is 4.90 Å². The Kier molecular flexibility index (Phi) is 4.52. The number of thioether (sulfide) groups is 1. The van der Waals surface area contributed by atoms with Crippen molar-refractivity contribution in [3.05, 3.63) is 27.1 Å². The minimum atomic E-state index is -1.05. The number of carboxylic acids is 1. The molecule has 1 N–H and O–H groups in total. The van der Waals surface area contributed by atoms with Gasteiger partial charge in [-0.2, -0.15) is 0 Å². The largest absolute Gasteiger partial charge is 0.480 e. The Balaban J connectivity index is 2.31. The molecule has 1 aromatic rings. The molecule has 2 atom stereocenters. The van der Waals surface area contributed by atoms with E-state index >= 15 is 0 Å². The average Bonchev–Trinajstić information content (AvgIpc) is 3.04. The van der Waals surface area contributed by atoms with Gasteiger partial charge in [-0.1, -0.05) is 25.2 Å². The molecule has 0 aliphatic carbocycles. The van der Waals surface area contributed by atoms with Crippen LogP contribution in [0.4, 0.5) is 5.00 Å². The monoisotopic (exact) mass is 330 g/mol. The molecule has 1 amide bonds. The van der Waals surface area contributed by atoms with E-state index < -0.39 is 22.8 Å². The zero-order valence-electron chi connectivity index (χ0n) is 11.4. The first kappa shape index (κ1) is 15.8. The van der Waals surface area contributed by atoms with Crippen molar-refractivity contribution in [2.75, 3.05) is 5.75 Å². The standard InChI is InChI=1S/C12H14N2O5S2/c1-6(2)11-13(7(5-20-11)12(16)17)10(15)8-3-4-9(21-8)14(18)19/h3-4,6-7,11H,5H2,1-2H3,(H,16,17). The van der Waals surface area contributed by atoms with Crippen molar-refractivity contribution in [2.24, 2.45) is 5.92 Å². The second kappa shape index (κ2) is 6.02. The molecule has 21 heavy (non-hydrogen) atoms. The third-order valence-corrected chi connectivity index (χ3v) is 5.75. The number of rotatable bonds is 4. The lowest BCUT2D eigenvalue weighted by Gasteiger charge is -2.29. The van der Waals surface area contributed by atoms with E-state index in [-0.39, 0.29) is 21.2 Å². The topological polar surface area (TPSA) is 101 Å². The van der Waals surface area contributed by atoms with E-state index in [1.807, 2.05) is 13.8 Å². The number of hydrogen-bond donors (Lipinski definition) is 1. The van der Waals surface area contributed by atoms with Crippen LogP contribution in [0.3, 0.4) is 0 Å². The quantitative estimate of drug-likeness (QED) is 0.671. The Hall–Kier alpha value is -1.61. The number of carbonyl (C=O) groups is 2. The molecule has 114 valence electrons. The van der Waals surface area contributed by atoms with Crippen molar-refractivity contribution in [3.8, 4) is 0 Å². The van der Waals surface area contributed by atoms with Gasteiger partial charge in [-0.15, -0.1) is 11.8 Å². The number of thiophene rings is 1. The second-order valence-corrected chi connectivity index (χ2v) is 7.14. The minimum absolute atomic E-state index is 0.0956. The first-order valence-electron chi connectivity index (χ1n) is 6.24. The lowest BCUT2D eigenvalue weighted by atomic mass is 10.1. The van der Waals surface area contributed by atoms with Crippen molar-refractivity contribution < 1.29 is 19.6 Å². The Morgan fingerprint density at radius 2 is 2.14 bits per heavy atom. The van der Waals surface area contributed by atoms with Gasteiger partial charge >= 0.3 is 11.0 Å². The Morgan fingerprint density at radius 1 is 1.48 bits per heavy atom. The van der Waals surface area contributed by atoms with E-state index in [0.717, 1.165) is 11.3 Å². The predicted molar refractivity (Wildman–Crippen MR) is 79.7 cm³/mol. The number of amides is 1. The summed E-state index contributed by atoms with van der Waals surface area (Å²) in [6, 6.07) is 1.75. The van der Waals surface area contributed by atoms with Gasteiger partial charge in [0.25, 0.3) is 5.91 Å². The van der Waals surface area contributed by atoms with Gasteiger partial charge in [0, 0.05) is 11.8 Å².